The van der Waals surface area contributed by atoms with Crippen LogP contribution in [0.2, 0.25) is 0 Å². The van der Waals surface area contributed by atoms with Crippen LogP contribution in [0.5, 0.6) is 0 Å². The molecule has 1 aromatic rings. The summed E-state index contributed by atoms with van der Waals surface area (Å²) in [5.74, 6) is 0.849. The Labute approximate surface area is 112 Å². The standard InChI is InChI=1S/C17H27N/c1-14(2)6-3-4-11-18-13-15-9-10-16-7-5-8-17(16)12-15/h9-10,12,14,18H,3-8,11,13H2,1-2H3. The van der Waals surface area contributed by atoms with Crippen molar-refractivity contribution in [2.75, 3.05) is 6.54 Å². The molecule has 18 heavy (non-hydrogen) atoms. The van der Waals surface area contributed by atoms with E-state index in [-0.39, 0.29) is 0 Å². The topological polar surface area (TPSA) is 12.0 Å². The molecule has 0 amide bonds. The van der Waals surface area contributed by atoms with Gasteiger partial charge in [0.15, 0.2) is 0 Å². The van der Waals surface area contributed by atoms with Gasteiger partial charge in [0.25, 0.3) is 0 Å². The van der Waals surface area contributed by atoms with E-state index < -0.39 is 0 Å². The van der Waals surface area contributed by atoms with Crippen LogP contribution in [0.3, 0.4) is 0 Å². The lowest BCUT2D eigenvalue weighted by atomic mass is 10.1. The van der Waals surface area contributed by atoms with E-state index in [1.807, 2.05) is 0 Å². The Morgan fingerprint density at radius 3 is 2.78 bits per heavy atom. The minimum absolute atomic E-state index is 0.849. The van der Waals surface area contributed by atoms with E-state index in [1.165, 1.54) is 44.1 Å². The first-order chi connectivity index (χ1) is 8.75. The predicted octanol–water partition coefficient (Wildman–Crippen LogP) is 4.09. The normalized spacial score (nSPS) is 14.2. The Kier molecular flexibility index (Phi) is 5.25. The maximum absolute atomic E-state index is 3.57. The maximum atomic E-state index is 3.57. The van der Waals surface area contributed by atoms with E-state index in [2.05, 4.69) is 37.4 Å². The van der Waals surface area contributed by atoms with Crippen LogP contribution in [-0.2, 0) is 19.4 Å². The van der Waals surface area contributed by atoms with Gasteiger partial charge in [0.2, 0.25) is 0 Å². The quantitative estimate of drug-likeness (QED) is 0.713. The molecule has 1 nitrogen and oxygen atoms in total. The lowest BCUT2D eigenvalue weighted by molar-refractivity contribution is 0.520. The van der Waals surface area contributed by atoms with Gasteiger partial charge in [-0.3, -0.25) is 0 Å². The van der Waals surface area contributed by atoms with E-state index in [0.29, 0.717) is 0 Å². The fraction of sp³-hybridized carbons (Fsp3) is 0.647. The summed E-state index contributed by atoms with van der Waals surface area (Å²) in [6.45, 7) is 6.80. The number of aryl methyl sites for hydroxylation is 2. The first-order valence-electron chi connectivity index (χ1n) is 7.57. The predicted molar refractivity (Wildman–Crippen MR) is 78.9 cm³/mol. The largest absolute Gasteiger partial charge is 0.313 e. The van der Waals surface area contributed by atoms with Gasteiger partial charge >= 0.3 is 0 Å². The van der Waals surface area contributed by atoms with Gasteiger partial charge in [-0.05, 0) is 54.8 Å². The summed E-state index contributed by atoms with van der Waals surface area (Å²) in [7, 11) is 0. The highest BCUT2D eigenvalue weighted by atomic mass is 14.8. The summed E-state index contributed by atoms with van der Waals surface area (Å²) in [5, 5.41) is 3.57. The third-order valence-electron chi connectivity index (χ3n) is 3.88. The molecule has 1 aromatic carbocycles. The van der Waals surface area contributed by atoms with Gasteiger partial charge in [0.1, 0.15) is 0 Å². The van der Waals surface area contributed by atoms with Crippen molar-refractivity contribution < 1.29 is 0 Å². The van der Waals surface area contributed by atoms with Crippen molar-refractivity contribution in [2.24, 2.45) is 5.92 Å². The number of hydrogen-bond donors (Lipinski definition) is 1. The zero-order valence-corrected chi connectivity index (χ0v) is 12.0. The number of fused-ring (bicyclic) bond motifs is 1. The van der Waals surface area contributed by atoms with E-state index >= 15 is 0 Å². The molecule has 1 aliphatic rings. The Bertz CT molecular complexity index is 368. The zero-order valence-electron chi connectivity index (χ0n) is 12.0. The van der Waals surface area contributed by atoms with Crippen LogP contribution >= 0.6 is 0 Å². The molecule has 0 atom stereocenters. The maximum Gasteiger partial charge on any atom is 0.0205 e. The van der Waals surface area contributed by atoms with Crippen LogP contribution in [0.15, 0.2) is 18.2 Å². The zero-order chi connectivity index (χ0) is 12.8. The van der Waals surface area contributed by atoms with Gasteiger partial charge in [-0.1, -0.05) is 44.9 Å². The number of unbranched alkanes of at least 4 members (excludes halogenated alkanes) is 1. The minimum atomic E-state index is 0.849. The molecule has 0 aromatic heterocycles. The summed E-state index contributed by atoms with van der Waals surface area (Å²) in [6, 6.07) is 7.03. The molecule has 0 radical (unpaired) electrons. The van der Waals surface area contributed by atoms with E-state index in [4.69, 9.17) is 0 Å². The van der Waals surface area contributed by atoms with E-state index in [0.717, 1.165) is 19.0 Å². The molecule has 0 bridgehead atoms. The smallest absolute Gasteiger partial charge is 0.0205 e. The first-order valence-corrected chi connectivity index (χ1v) is 7.57. The Morgan fingerprint density at radius 2 is 1.94 bits per heavy atom. The van der Waals surface area contributed by atoms with Crippen molar-refractivity contribution >= 4 is 0 Å². The van der Waals surface area contributed by atoms with Gasteiger partial charge in [0, 0.05) is 6.54 Å². The van der Waals surface area contributed by atoms with Crippen LogP contribution in [-0.4, -0.2) is 6.54 Å². The second kappa shape index (κ2) is 6.94. The lowest BCUT2D eigenvalue weighted by Crippen LogP contribution is -2.15. The van der Waals surface area contributed by atoms with E-state index in [9.17, 15) is 0 Å². The van der Waals surface area contributed by atoms with Gasteiger partial charge in [0.05, 0.1) is 0 Å². The molecule has 0 unspecified atom stereocenters. The second-order valence-electron chi connectivity index (χ2n) is 6.02. The Balaban J connectivity index is 1.65. The SMILES string of the molecule is CC(C)CCCCNCc1ccc2c(c1)CCC2. The summed E-state index contributed by atoms with van der Waals surface area (Å²) in [6.07, 6.45) is 7.95. The molecule has 0 aliphatic heterocycles. The highest BCUT2D eigenvalue weighted by molar-refractivity contribution is 5.35. The second-order valence-corrected chi connectivity index (χ2v) is 6.02. The third kappa shape index (κ3) is 4.13. The third-order valence-corrected chi connectivity index (χ3v) is 3.88. The van der Waals surface area contributed by atoms with Crippen molar-refractivity contribution in [3.8, 4) is 0 Å². The van der Waals surface area contributed by atoms with Gasteiger partial charge < -0.3 is 5.32 Å². The number of nitrogens with one attached hydrogen (secondary N) is 1. The molecule has 0 heterocycles. The van der Waals surface area contributed by atoms with Crippen LogP contribution in [0.4, 0.5) is 0 Å². The molecule has 1 aliphatic carbocycles. The number of benzene rings is 1. The summed E-state index contributed by atoms with van der Waals surface area (Å²) < 4.78 is 0. The molecule has 1 heteroatoms. The molecule has 0 spiro atoms. The average molecular weight is 245 g/mol. The lowest BCUT2D eigenvalue weighted by Gasteiger charge is -2.08. The van der Waals surface area contributed by atoms with Crippen molar-refractivity contribution in [3.63, 3.8) is 0 Å². The molecule has 0 fully saturated rings. The molecule has 0 saturated heterocycles. The summed E-state index contributed by atoms with van der Waals surface area (Å²) in [5.41, 5.74) is 4.63. The van der Waals surface area contributed by atoms with Crippen molar-refractivity contribution in [2.45, 2.75) is 58.9 Å². The van der Waals surface area contributed by atoms with Crippen LogP contribution in [0, 0.1) is 5.92 Å². The molecule has 2 rings (SSSR count). The molecule has 1 N–H and O–H groups in total. The van der Waals surface area contributed by atoms with Gasteiger partial charge in [-0.15, -0.1) is 0 Å². The highest BCUT2D eigenvalue weighted by Gasteiger charge is 2.10. The molecular weight excluding hydrogens is 218 g/mol. The molecule has 100 valence electrons. The number of rotatable bonds is 7. The fourth-order valence-corrected chi connectivity index (χ4v) is 2.77. The minimum Gasteiger partial charge on any atom is -0.313 e. The monoisotopic (exact) mass is 245 g/mol. The Morgan fingerprint density at radius 1 is 1.11 bits per heavy atom. The average Bonchev–Trinajstić information content (AvgIpc) is 2.80. The number of hydrogen-bond acceptors (Lipinski definition) is 1. The van der Waals surface area contributed by atoms with Crippen LogP contribution in [0.1, 0.15) is 56.2 Å². The highest BCUT2D eigenvalue weighted by Crippen LogP contribution is 2.22. The van der Waals surface area contributed by atoms with Crippen LogP contribution < -0.4 is 5.32 Å². The van der Waals surface area contributed by atoms with Crippen LogP contribution in [0.25, 0.3) is 0 Å². The van der Waals surface area contributed by atoms with Gasteiger partial charge in [-0.25, -0.2) is 0 Å². The summed E-state index contributed by atoms with van der Waals surface area (Å²) >= 11 is 0. The van der Waals surface area contributed by atoms with E-state index in [1.54, 1.807) is 11.1 Å². The van der Waals surface area contributed by atoms with Crippen molar-refractivity contribution in [1.29, 1.82) is 0 Å². The summed E-state index contributed by atoms with van der Waals surface area (Å²) in [4.78, 5) is 0. The molecule has 0 saturated carbocycles. The van der Waals surface area contributed by atoms with Gasteiger partial charge in [-0.2, -0.15) is 0 Å². The van der Waals surface area contributed by atoms with Crippen molar-refractivity contribution in [3.05, 3.63) is 34.9 Å². The van der Waals surface area contributed by atoms with Crippen molar-refractivity contribution in [1.82, 2.24) is 5.32 Å². The Hall–Kier alpha value is -0.820. The first kappa shape index (κ1) is 13.6. The molecular formula is C17H27N. The fourth-order valence-electron chi connectivity index (χ4n) is 2.77.